The topological polar surface area (TPSA) is 158 Å². The van der Waals surface area contributed by atoms with Gasteiger partial charge in [0.15, 0.2) is 12.6 Å². The van der Waals surface area contributed by atoms with E-state index >= 15 is 0 Å². The zero-order valence-electron chi connectivity index (χ0n) is 33.9. The SMILES string of the molecule is CCCCCCCCCCCCCC(=O)CCNC(=O)CCC(=O)NCC1O[C@H](O[C@@H]2C(COC)O[C@H](OC)C(OC)[C@H]2OC)C(OC)[C@@H](OC)[C@@H]1C. The van der Waals surface area contributed by atoms with E-state index in [1.165, 1.54) is 64.9 Å². The molecule has 2 fully saturated rings. The van der Waals surface area contributed by atoms with Gasteiger partial charge in [0.1, 0.15) is 36.3 Å². The van der Waals surface area contributed by atoms with Crippen LogP contribution in [0.3, 0.4) is 0 Å². The molecule has 0 aliphatic carbocycles. The normalized spacial score (nSPS) is 28.8. The lowest BCUT2D eigenvalue weighted by Crippen LogP contribution is -2.65. The highest BCUT2D eigenvalue weighted by atomic mass is 16.8. The molecule has 0 bridgehead atoms. The highest BCUT2D eigenvalue weighted by molar-refractivity contribution is 5.84. The molecule has 2 heterocycles. The zero-order chi connectivity index (χ0) is 39.0. The van der Waals surface area contributed by atoms with Gasteiger partial charge in [0.25, 0.3) is 0 Å². The van der Waals surface area contributed by atoms with Crippen LogP contribution in [0, 0.1) is 5.92 Å². The Morgan fingerprint density at radius 3 is 1.62 bits per heavy atom. The van der Waals surface area contributed by atoms with Gasteiger partial charge in [-0.2, -0.15) is 0 Å². The van der Waals surface area contributed by atoms with Gasteiger partial charge < -0.3 is 53.3 Å². The molecule has 0 aromatic heterocycles. The summed E-state index contributed by atoms with van der Waals surface area (Å²) in [6, 6.07) is 0. The second-order valence-corrected chi connectivity index (χ2v) is 14.3. The average Bonchev–Trinajstić information content (AvgIpc) is 3.16. The maximum absolute atomic E-state index is 12.8. The van der Waals surface area contributed by atoms with Crippen molar-refractivity contribution in [3.63, 3.8) is 0 Å². The first-order valence-electron chi connectivity index (χ1n) is 19.8. The van der Waals surface area contributed by atoms with E-state index in [1.807, 2.05) is 6.92 Å². The second kappa shape index (κ2) is 27.8. The first-order valence-corrected chi connectivity index (χ1v) is 19.8. The number of carbonyl (C=O) groups is 3. The largest absolute Gasteiger partial charge is 0.382 e. The molecule has 14 heteroatoms. The number of unbranched alkanes of at least 4 members (excludes halogenated alkanes) is 10. The minimum absolute atomic E-state index is 0.000648. The summed E-state index contributed by atoms with van der Waals surface area (Å²) < 4.78 is 53.2. The minimum Gasteiger partial charge on any atom is -0.382 e. The molecule has 2 rings (SSSR count). The van der Waals surface area contributed by atoms with E-state index in [9.17, 15) is 14.4 Å². The predicted octanol–water partition coefficient (Wildman–Crippen LogP) is 4.48. The third kappa shape index (κ3) is 16.5. The Morgan fingerprint density at radius 1 is 0.547 bits per heavy atom. The second-order valence-electron chi connectivity index (χ2n) is 14.3. The highest BCUT2D eigenvalue weighted by Gasteiger charge is 2.52. The predicted molar refractivity (Wildman–Crippen MR) is 199 cm³/mol. The van der Waals surface area contributed by atoms with Crippen LogP contribution in [-0.4, -0.2) is 135 Å². The van der Waals surface area contributed by atoms with Crippen LogP contribution in [-0.2, 0) is 57.0 Å². The Labute approximate surface area is 318 Å². The average molecular weight is 761 g/mol. The van der Waals surface area contributed by atoms with Gasteiger partial charge in [0.2, 0.25) is 11.8 Å². The van der Waals surface area contributed by atoms with E-state index < -0.39 is 55.3 Å². The lowest BCUT2D eigenvalue weighted by Gasteiger charge is -2.49. The van der Waals surface area contributed by atoms with Crippen LogP contribution in [0.25, 0.3) is 0 Å². The van der Waals surface area contributed by atoms with Gasteiger partial charge in [0.05, 0.1) is 18.8 Å². The third-order valence-corrected chi connectivity index (χ3v) is 10.4. The van der Waals surface area contributed by atoms with Crippen LogP contribution in [0.1, 0.15) is 110 Å². The molecular weight excluding hydrogens is 688 g/mol. The van der Waals surface area contributed by atoms with Gasteiger partial charge in [-0.3, -0.25) is 14.4 Å². The molecule has 0 radical (unpaired) electrons. The maximum atomic E-state index is 12.8. The summed E-state index contributed by atoms with van der Waals surface area (Å²) in [7, 11) is 9.34. The van der Waals surface area contributed by atoms with Crippen LogP contribution >= 0.6 is 0 Å². The maximum Gasteiger partial charge on any atom is 0.220 e. The van der Waals surface area contributed by atoms with E-state index in [0.717, 1.165) is 12.8 Å². The van der Waals surface area contributed by atoms with Crippen LogP contribution in [0.5, 0.6) is 0 Å². The highest BCUT2D eigenvalue weighted by Crippen LogP contribution is 2.35. The summed E-state index contributed by atoms with van der Waals surface area (Å²) in [5, 5.41) is 5.66. The van der Waals surface area contributed by atoms with Gasteiger partial charge in [-0.05, 0) is 6.42 Å². The van der Waals surface area contributed by atoms with E-state index in [-0.39, 0.29) is 56.1 Å². The first kappa shape index (κ1) is 47.4. The van der Waals surface area contributed by atoms with E-state index in [0.29, 0.717) is 12.8 Å². The number of carbonyl (C=O) groups excluding carboxylic acids is 3. The van der Waals surface area contributed by atoms with Gasteiger partial charge in [0, 0.05) is 87.3 Å². The van der Waals surface area contributed by atoms with E-state index in [4.69, 9.17) is 42.6 Å². The summed E-state index contributed by atoms with van der Waals surface area (Å²) in [6.45, 7) is 4.83. The quantitative estimate of drug-likeness (QED) is 0.103. The molecule has 10 atom stereocenters. The Kier molecular flexibility index (Phi) is 24.8. The molecular formula is C39H72N2O12. The number of methoxy groups -OCH3 is 6. The standard InChI is InChI=1S/C39H72N2O12/c1-9-10-11-12-13-14-15-16-17-18-19-20-28(42)23-24-40-31(43)21-22-32(44)41-25-29-27(2)33(46-4)36(48-6)39(51-29)53-34-30(26-45-3)52-38(50-8)37(49-7)35(34)47-5/h27,29-30,33-39H,9-26H2,1-8H3,(H,40,43)(H,41,44)/t27-,29?,30?,33+,34-,35+,36?,37?,38+,39-/m1/s1. The van der Waals surface area contributed by atoms with Crippen LogP contribution in [0.2, 0.25) is 0 Å². The van der Waals surface area contributed by atoms with Crippen molar-refractivity contribution >= 4 is 17.6 Å². The van der Waals surface area contributed by atoms with Crippen molar-refractivity contribution in [1.82, 2.24) is 10.6 Å². The van der Waals surface area contributed by atoms with Gasteiger partial charge >= 0.3 is 0 Å². The molecule has 0 aromatic rings. The summed E-state index contributed by atoms with van der Waals surface area (Å²) in [6.07, 6.45) is 8.86. The number of nitrogens with one attached hydrogen (secondary N) is 2. The fraction of sp³-hybridized carbons (Fsp3) is 0.923. The van der Waals surface area contributed by atoms with Crippen molar-refractivity contribution in [3.8, 4) is 0 Å². The van der Waals surface area contributed by atoms with Gasteiger partial charge in [-0.1, -0.05) is 78.1 Å². The Bertz CT molecular complexity index is 1010. The van der Waals surface area contributed by atoms with E-state index in [1.54, 1.807) is 35.5 Å². The fourth-order valence-electron chi connectivity index (χ4n) is 7.25. The number of hydrogen-bond donors (Lipinski definition) is 2. The monoisotopic (exact) mass is 761 g/mol. The van der Waals surface area contributed by atoms with Crippen molar-refractivity contribution in [2.75, 3.05) is 62.4 Å². The summed E-state index contributed by atoms with van der Waals surface area (Å²) >= 11 is 0. The molecule has 0 spiro atoms. The number of rotatable bonds is 29. The first-order chi connectivity index (χ1) is 25.7. The lowest BCUT2D eigenvalue weighted by molar-refractivity contribution is -0.358. The number of amides is 2. The summed E-state index contributed by atoms with van der Waals surface area (Å²) in [5.74, 6) is -0.582. The van der Waals surface area contributed by atoms with Crippen molar-refractivity contribution in [2.24, 2.45) is 5.92 Å². The van der Waals surface area contributed by atoms with E-state index in [2.05, 4.69) is 17.6 Å². The van der Waals surface area contributed by atoms with Gasteiger partial charge in [-0.15, -0.1) is 0 Å². The van der Waals surface area contributed by atoms with Crippen molar-refractivity contribution in [3.05, 3.63) is 0 Å². The molecule has 2 N–H and O–H groups in total. The molecule has 2 saturated heterocycles. The summed E-state index contributed by atoms with van der Waals surface area (Å²) in [5.41, 5.74) is 0. The molecule has 0 saturated carbocycles. The molecule has 2 aliphatic rings. The Hall–Kier alpha value is -1.75. The van der Waals surface area contributed by atoms with Gasteiger partial charge in [-0.25, -0.2) is 0 Å². The molecule has 53 heavy (non-hydrogen) atoms. The summed E-state index contributed by atoms with van der Waals surface area (Å²) in [4.78, 5) is 37.5. The molecule has 2 amide bonds. The number of hydrogen-bond acceptors (Lipinski definition) is 12. The third-order valence-electron chi connectivity index (χ3n) is 10.4. The number of ether oxygens (including phenoxy) is 9. The van der Waals surface area contributed by atoms with Crippen molar-refractivity contribution in [2.45, 2.75) is 165 Å². The molecule has 14 nitrogen and oxygen atoms in total. The molecule has 2 aliphatic heterocycles. The van der Waals surface area contributed by atoms with Crippen molar-refractivity contribution < 1.29 is 57.0 Å². The Morgan fingerprint density at radius 2 is 1.08 bits per heavy atom. The number of ketones is 1. The zero-order valence-corrected chi connectivity index (χ0v) is 33.9. The Balaban J connectivity index is 1.77. The van der Waals surface area contributed by atoms with Crippen LogP contribution in [0.15, 0.2) is 0 Å². The van der Waals surface area contributed by atoms with Crippen LogP contribution in [0.4, 0.5) is 0 Å². The number of Topliss-reactive ketones (excluding diaryl/α,β-unsaturated/α-hetero) is 1. The van der Waals surface area contributed by atoms with Crippen molar-refractivity contribution in [1.29, 1.82) is 0 Å². The molecule has 310 valence electrons. The molecule has 0 aromatic carbocycles. The fourth-order valence-corrected chi connectivity index (χ4v) is 7.25. The molecule has 4 unspecified atom stereocenters. The smallest absolute Gasteiger partial charge is 0.220 e. The minimum atomic E-state index is -0.923. The van der Waals surface area contributed by atoms with Crippen LogP contribution < -0.4 is 10.6 Å². The lowest BCUT2D eigenvalue weighted by atomic mass is 9.89.